The number of carbonyl (C=O) groups excluding carboxylic acids is 1. The zero-order valence-electron chi connectivity index (χ0n) is 17.5. The summed E-state index contributed by atoms with van der Waals surface area (Å²) in [5.41, 5.74) is 0.220. The highest BCUT2D eigenvalue weighted by molar-refractivity contribution is 8.01. The number of nitriles is 1. The molecular weight excluding hydrogens is 465 g/mol. The van der Waals surface area contributed by atoms with Gasteiger partial charge >= 0.3 is 12.1 Å². The molecule has 1 amide bonds. The lowest BCUT2D eigenvalue weighted by atomic mass is 10.0. The fourth-order valence-electron chi connectivity index (χ4n) is 3.78. The maximum atomic E-state index is 13.7. The van der Waals surface area contributed by atoms with Crippen LogP contribution in [-0.2, 0) is 23.9 Å². The number of fused-ring (bicyclic) bond motifs is 1. The van der Waals surface area contributed by atoms with Crippen LogP contribution in [0.5, 0.6) is 0 Å². The largest absolute Gasteiger partial charge is 0.478 e. The minimum absolute atomic E-state index is 0.105. The number of thioether (sulfide) groups is 1. The second-order valence-corrected chi connectivity index (χ2v) is 8.93. The molecule has 1 heterocycles. The first-order chi connectivity index (χ1) is 16.2. The van der Waals surface area contributed by atoms with Gasteiger partial charge in [-0.15, -0.1) is 11.8 Å². The number of carbonyl (C=O) groups is 2. The molecule has 0 radical (unpaired) electrons. The zero-order chi connectivity index (χ0) is 24.5. The third-order valence-corrected chi connectivity index (χ3v) is 6.71. The number of rotatable bonds is 5. The van der Waals surface area contributed by atoms with Gasteiger partial charge in [0.15, 0.2) is 0 Å². The summed E-state index contributed by atoms with van der Waals surface area (Å²) in [6.07, 6.45) is -4.39. The molecule has 1 N–H and O–H groups in total. The maximum Gasteiger partial charge on any atom is 0.416 e. The molecule has 3 aromatic carbocycles. The number of para-hydroxylation sites is 1. The summed E-state index contributed by atoms with van der Waals surface area (Å²) < 4.78 is 41.1. The van der Waals surface area contributed by atoms with Gasteiger partial charge in [-0.1, -0.05) is 30.3 Å². The van der Waals surface area contributed by atoms with Crippen molar-refractivity contribution < 1.29 is 27.9 Å². The van der Waals surface area contributed by atoms with Gasteiger partial charge in [0.1, 0.15) is 0 Å². The lowest BCUT2D eigenvalue weighted by molar-refractivity contribution is -0.138. The molecule has 5 nitrogen and oxygen atoms in total. The number of hydrogen-bond acceptors (Lipinski definition) is 4. The molecule has 0 spiro atoms. The average Bonchev–Trinajstić information content (AvgIpc) is 2.81. The van der Waals surface area contributed by atoms with E-state index in [1.165, 1.54) is 40.9 Å². The maximum absolute atomic E-state index is 13.7. The summed E-state index contributed by atoms with van der Waals surface area (Å²) >= 11 is 1.33. The molecule has 4 rings (SSSR count). The average molecular weight is 482 g/mol. The second-order valence-electron chi connectivity index (χ2n) is 7.69. The molecule has 0 fully saturated rings. The highest BCUT2D eigenvalue weighted by Crippen LogP contribution is 2.42. The lowest BCUT2D eigenvalue weighted by Crippen LogP contribution is -2.41. The fraction of sp³-hybridized carbons (Fsp3) is 0.160. The van der Waals surface area contributed by atoms with Crippen LogP contribution in [0.3, 0.4) is 0 Å². The molecule has 0 aromatic heterocycles. The lowest BCUT2D eigenvalue weighted by Gasteiger charge is -2.34. The SMILES string of the molecule is N#Cc1ccc(CN2C(=O)C(Cc3ccc(C(=O)O)cc3)Sc3ccccc32)c(C(F)(F)F)c1. The van der Waals surface area contributed by atoms with Gasteiger partial charge in [-0.25, -0.2) is 4.79 Å². The first-order valence-corrected chi connectivity index (χ1v) is 11.0. The number of hydrogen-bond donors (Lipinski definition) is 1. The van der Waals surface area contributed by atoms with Crippen molar-refractivity contribution in [2.24, 2.45) is 0 Å². The number of carboxylic acids is 1. The number of halogens is 3. The summed E-state index contributed by atoms with van der Waals surface area (Å²) in [6, 6.07) is 18.2. The van der Waals surface area contributed by atoms with Crippen molar-refractivity contribution >= 4 is 29.3 Å². The Balaban J connectivity index is 1.68. The van der Waals surface area contributed by atoms with Crippen LogP contribution < -0.4 is 4.90 Å². The van der Waals surface area contributed by atoms with Gasteiger partial charge in [-0.3, -0.25) is 4.79 Å². The predicted molar refractivity (Wildman–Crippen MR) is 121 cm³/mol. The van der Waals surface area contributed by atoms with Crippen molar-refractivity contribution in [3.63, 3.8) is 0 Å². The molecule has 0 saturated carbocycles. The van der Waals surface area contributed by atoms with E-state index < -0.39 is 23.0 Å². The van der Waals surface area contributed by atoms with E-state index in [4.69, 9.17) is 10.4 Å². The third kappa shape index (κ3) is 4.77. The van der Waals surface area contributed by atoms with E-state index in [0.717, 1.165) is 16.5 Å². The van der Waals surface area contributed by atoms with Gasteiger partial charge in [0.2, 0.25) is 5.91 Å². The number of benzene rings is 3. The summed E-state index contributed by atoms with van der Waals surface area (Å²) in [5, 5.41) is 17.5. The van der Waals surface area contributed by atoms with E-state index in [-0.39, 0.29) is 35.6 Å². The van der Waals surface area contributed by atoms with Crippen LogP contribution in [0.25, 0.3) is 0 Å². The normalized spacial score (nSPS) is 15.5. The fourth-order valence-corrected chi connectivity index (χ4v) is 5.05. The van der Waals surface area contributed by atoms with Crippen LogP contribution in [-0.4, -0.2) is 22.2 Å². The van der Waals surface area contributed by atoms with Gasteiger partial charge in [0.25, 0.3) is 0 Å². The molecule has 34 heavy (non-hydrogen) atoms. The number of amides is 1. The Kier molecular flexibility index (Phi) is 6.35. The molecule has 1 atom stereocenters. The van der Waals surface area contributed by atoms with Gasteiger partial charge in [-0.05, 0) is 53.9 Å². The Morgan fingerprint density at radius 3 is 2.44 bits per heavy atom. The van der Waals surface area contributed by atoms with E-state index in [2.05, 4.69) is 0 Å². The van der Waals surface area contributed by atoms with Crippen LogP contribution in [0.1, 0.15) is 32.6 Å². The van der Waals surface area contributed by atoms with E-state index in [9.17, 15) is 22.8 Å². The summed E-state index contributed by atoms with van der Waals surface area (Å²) in [4.78, 5) is 26.6. The molecule has 0 aliphatic carbocycles. The number of alkyl halides is 3. The van der Waals surface area contributed by atoms with Gasteiger partial charge in [0.05, 0.1) is 40.2 Å². The van der Waals surface area contributed by atoms with Crippen molar-refractivity contribution in [2.45, 2.75) is 29.3 Å². The molecule has 0 saturated heterocycles. The van der Waals surface area contributed by atoms with E-state index in [1.54, 1.807) is 36.4 Å². The summed E-state index contributed by atoms with van der Waals surface area (Å²) in [5.74, 6) is -1.40. The first-order valence-electron chi connectivity index (χ1n) is 10.2. The molecule has 1 unspecified atom stereocenters. The van der Waals surface area contributed by atoms with Crippen molar-refractivity contribution in [1.29, 1.82) is 5.26 Å². The van der Waals surface area contributed by atoms with Crippen LogP contribution in [0.2, 0.25) is 0 Å². The number of carboxylic acid groups (broad SMARTS) is 1. The van der Waals surface area contributed by atoms with Gasteiger partial charge < -0.3 is 10.0 Å². The number of aromatic carboxylic acids is 1. The first kappa shape index (κ1) is 23.4. The van der Waals surface area contributed by atoms with E-state index in [1.807, 2.05) is 6.07 Å². The van der Waals surface area contributed by atoms with Crippen molar-refractivity contribution in [3.8, 4) is 6.07 Å². The molecule has 1 aliphatic heterocycles. The molecule has 9 heteroatoms. The Labute approximate surface area is 197 Å². The van der Waals surface area contributed by atoms with Crippen LogP contribution in [0.4, 0.5) is 18.9 Å². The van der Waals surface area contributed by atoms with E-state index >= 15 is 0 Å². The minimum atomic E-state index is -4.68. The molecule has 172 valence electrons. The Morgan fingerprint density at radius 1 is 1.09 bits per heavy atom. The van der Waals surface area contributed by atoms with Crippen molar-refractivity contribution in [2.75, 3.05) is 4.90 Å². The molecule has 0 bridgehead atoms. The van der Waals surface area contributed by atoms with Gasteiger partial charge in [0, 0.05) is 4.90 Å². The topological polar surface area (TPSA) is 81.4 Å². The molecular formula is C25H17F3N2O3S. The summed E-state index contributed by atoms with van der Waals surface area (Å²) in [6.45, 7) is -0.300. The standard InChI is InChI=1S/C25H17F3N2O3S/c26-25(27,28)19-11-16(13-29)7-10-18(19)14-30-20-3-1-2-4-21(20)34-22(23(30)31)12-15-5-8-17(9-6-15)24(32)33/h1-11,22H,12,14H2,(H,32,33). The van der Waals surface area contributed by atoms with Crippen LogP contribution in [0, 0.1) is 11.3 Å². The predicted octanol–water partition coefficient (Wildman–Crippen LogP) is 5.53. The second kappa shape index (κ2) is 9.23. The number of anilines is 1. The Bertz CT molecular complexity index is 1300. The Hall–Kier alpha value is -3.77. The zero-order valence-corrected chi connectivity index (χ0v) is 18.4. The Morgan fingerprint density at radius 2 is 1.79 bits per heavy atom. The quantitative estimate of drug-likeness (QED) is 0.518. The van der Waals surface area contributed by atoms with Crippen LogP contribution in [0.15, 0.2) is 71.6 Å². The summed E-state index contributed by atoms with van der Waals surface area (Å²) in [7, 11) is 0. The van der Waals surface area contributed by atoms with Crippen LogP contribution >= 0.6 is 11.8 Å². The molecule has 1 aliphatic rings. The minimum Gasteiger partial charge on any atom is -0.478 e. The number of nitrogens with zero attached hydrogens (tertiary/aromatic N) is 2. The van der Waals surface area contributed by atoms with Crippen molar-refractivity contribution in [3.05, 3.63) is 94.5 Å². The van der Waals surface area contributed by atoms with Gasteiger partial charge in [-0.2, -0.15) is 18.4 Å². The van der Waals surface area contributed by atoms with E-state index in [0.29, 0.717) is 5.69 Å². The highest BCUT2D eigenvalue weighted by Gasteiger charge is 2.37. The molecule has 3 aromatic rings. The smallest absolute Gasteiger partial charge is 0.416 e. The highest BCUT2D eigenvalue weighted by atomic mass is 32.2. The monoisotopic (exact) mass is 482 g/mol. The van der Waals surface area contributed by atoms with Crippen molar-refractivity contribution in [1.82, 2.24) is 0 Å². The third-order valence-electron chi connectivity index (χ3n) is 5.46.